The first kappa shape index (κ1) is 14.3. The predicted octanol–water partition coefficient (Wildman–Crippen LogP) is 3.30. The van der Waals surface area contributed by atoms with E-state index in [1.54, 1.807) is 0 Å². The number of H-pyrrole nitrogens is 1. The predicted molar refractivity (Wildman–Crippen MR) is 74.6 cm³/mol. The van der Waals surface area contributed by atoms with Gasteiger partial charge in [-0.15, -0.1) is 0 Å². The molecule has 0 unspecified atom stereocenters. The maximum Gasteiger partial charge on any atom is 0.166 e. The summed E-state index contributed by atoms with van der Waals surface area (Å²) in [4.78, 5) is 7.00. The first-order valence-electron chi connectivity index (χ1n) is 5.85. The van der Waals surface area contributed by atoms with Gasteiger partial charge in [-0.25, -0.2) is 4.98 Å². The van der Waals surface area contributed by atoms with Gasteiger partial charge in [0.25, 0.3) is 0 Å². The van der Waals surface area contributed by atoms with E-state index in [9.17, 15) is 0 Å². The Morgan fingerprint density at radius 2 is 1.79 bits per heavy atom. The lowest BCUT2D eigenvalue weighted by atomic mass is 10.1. The summed E-state index contributed by atoms with van der Waals surface area (Å²) in [5.74, 6) is 0.784. The van der Waals surface area contributed by atoms with E-state index in [0.717, 1.165) is 19.0 Å². The minimum atomic E-state index is 0.331. The van der Waals surface area contributed by atoms with E-state index in [1.807, 2.05) is 30.3 Å². The number of imidazole rings is 1. The third-order valence-corrected chi connectivity index (χ3v) is 3.07. The zero-order valence-electron chi connectivity index (χ0n) is 10.2. The standard InChI is InChI=1S/C10H8Cl2N2.C3H6O2/c11-9-10(12)14-8(13-9)6-7-4-2-1-3-5-7;1-2-5-3-4-1/h1-5H,6H2,(H,13,14);1-3H2. The van der Waals surface area contributed by atoms with Crippen LogP contribution >= 0.6 is 23.2 Å². The Morgan fingerprint density at radius 3 is 2.26 bits per heavy atom. The first-order chi connectivity index (χ1) is 9.25. The van der Waals surface area contributed by atoms with Crippen LogP contribution < -0.4 is 0 Å². The van der Waals surface area contributed by atoms with Gasteiger partial charge < -0.3 is 14.5 Å². The molecule has 1 fully saturated rings. The maximum absolute atomic E-state index is 5.75. The lowest BCUT2D eigenvalue weighted by Gasteiger charge is -1.95. The van der Waals surface area contributed by atoms with Gasteiger partial charge in [0.2, 0.25) is 0 Å². The molecule has 1 N–H and O–H groups in total. The van der Waals surface area contributed by atoms with Crippen LogP contribution in [0.2, 0.25) is 10.3 Å². The Labute approximate surface area is 121 Å². The monoisotopic (exact) mass is 300 g/mol. The van der Waals surface area contributed by atoms with Crippen molar-refractivity contribution >= 4 is 23.2 Å². The molecule has 0 spiro atoms. The van der Waals surface area contributed by atoms with Crippen molar-refractivity contribution in [3.63, 3.8) is 0 Å². The van der Waals surface area contributed by atoms with E-state index in [1.165, 1.54) is 5.56 Å². The maximum atomic E-state index is 5.75. The molecule has 0 radical (unpaired) electrons. The number of nitrogens with zero attached hydrogens (tertiary/aromatic N) is 1. The fraction of sp³-hybridized carbons (Fsp3) is 0.308. The Bertz CT molecular complexity index is 471. The summed E-state index contributed by atoms with van der Waals surface area (Å²) < 4.78 is 9.44. The van der Waals surface area contributed by atoms with Gasteiger partial charge in [0, 0.05) is 6.42 Å². The molecule has 2 heterocycles. The van der Waals surface area contributed by atoms with Crippen molar-refractivity contribution in [2.45, 2.75) is 6.42 Å². The Hall–Kier alpha value is -1.07. The van der Waals surface area contributed by atoms with Crippen molar-refractivity contribution in [1.82, 2.24) is 9.97 Å². The molecule has 0 bridgehead atoms. The van der Waals surface area contributed by atoms with Gasteiger partial charge in [-0.05, 0) is 5.56 Å². The molecule has 1 saturated heterocycles. The summed E-state index contributed by atoms with van der Waals surface area (Å²) >= 11 is 11.5. The molecule has 19 heavy (non-hydrogen) atoms. The van der Waals surface area contributed by atoms with Gasteiger partial charge in [-0.3, -0.25) is 0 Å². The normalized spacial score (nSPS) is 14.0. The van der Waals surface area contributed by atoms with Gasteiger partial charge in [0.1, 0.15) is 17.8 Å². The molecule has 2 aromatic rings. The van der Waals surface area contributed by atoms with Gasteiger partial charge in [0.15, 0.2) is 5.15 Å². The minimum Gasteiger partial charge on any atom is -0.353 e. The summed E-state index contributed by atoms with van der Waals surface area (Å²) in [5.41, 5.74) is 1.18. The van der Waals surface area contributed by atoms with Crippen LogP contribution in [0.1, 0.15) is 11.4 Å². The second-order valence-corrected chi connectivity index (χ2v) is 4.62. The third kappa shape index (κ3) is 4.84. The molecule has 4 nitrogen and oxygen atoms in total. The Kier molecular flexibility index (Phi) is 5.66. The lowest BCUT2D eigenvalue weighted by Crippen LogP contribution is -1.89. The number of ether oxygens (including phenoxy) is 2. The number of hydrogen-bond acceptors (Lipinski definition) is 3. The summed E-state index contributed by atoms with van der Waals surface area (Å²) in [6.07, 6.45) is 0.716. The van der Waals surface area contributed by atoms with Crippen molar-refractivity contribution in [2.24, 2.45) is 0 Å². The van der Waals surface area contributed by atoms with Crippen LogP contribution in [0.15, 0.2) is 30.3 Å². The molecular formula is C13H14Cl2N2O2. The van der Waals surface area contributed by atoms with Crippen LogP contribution in [-0.2, 0) is 15.9 Å². The van der Waals surface area contributed by atoms with Crippen LogP contribution in [0, 0.1) is 0 Å². The van der Waals surface area contributed by atoms with Crippen LogP contribution in [0.3, 0.4) is 0 Å². The molecule has 0 saturated carbocycles. The average molecular weight is 301 g/mol. The molecule has 6 heteroatoms. The fourth-order valence-corrected chi connectivity index (χ4v) is 1.84. The topological polar surface area (TPSA) is 47.1 Å². The van der Waals surface area contributed by atoms with Crippen molar-refractivity contribution < 1.29 is 9.47 Å². The molecule has 0 amide bonds. The average Bonchev–Trinajstić information content (AvgIpc) is 3.06. The third-order valence-electron chi connectivity index (χ3n) is 2.42. The van der Waals surface area contributed by atoms with Crippen molar-refractivity contribution in [3.8, 4) is 0 Å². The van der Waals surface area contributed by atoms with Gasteiger partial charge in [0.05, 0.1) is 13.2 Å². The molecule has 102 valence electrons. The van der Waals surface area contributed by atoms with Gasteiger partial charge in [-0.2, -0.15) is 0 Å². The van der Waals surface area contributed by atoms with E-state index < -0.39 is 0 Å². The van der Waals surface area contributed by atoms with Gasteiger partial charge >= 0.3 is 0 Å². The zero-order valence-corrected chi connectivity index (χ0v) is 11.7. The second kappa shape index (κ2) is 7.50. The number of nitrogens with one attached hydrogen (secondary N) is 1. The van der Waals surface area contributed by atoms with Crippen LogP contribution in [0.4, 0.5) is 0 Å². The van der Waals surface area contributed by atoms with Crippen molar-refractivity contribution in [2.75, 3.05) is 20.0 Å². The number of benzene rings is 1. The van der Waals surface area contributed by atoms with E-state index in [4.69, 9.17) is 32.7 Å². The number of aromatic amines is 1. The molecule has 0 atom stereocenters. The van der Waals surface area contributed by atoms with Crippen LogP contribution in [0.5, 0.6) is 0 Å². The molecule has 1 aromatic heterocycles. The highest BCUT2D eigenvalue weighted by Gasteiger charge is 2.05. The highest BCUT2D eigenvalue weighted by Crippen LogP contribution is 2.19. The Balaban J connectivity index is 0.000000224. The van der Waals surface area contributed by atoms with Gasteiger partial charge in [-0.1, -0.05) is 53.5 Å². The molecule has 1 aliphatic heterocycles. The summed E-state index contributed by atoms with van der Waals surface area (Å²) in [5, 5.41) is 0.732. The van der Waals surface area contributed by atoms with Crippen LogP contribution in [-0.4, -0.2) is 30.0 Å². The number of rotatable bonds is 2. The van der Waals surface area contributed by atoms with E-state index in [2.05, 4.69) is 9.97 Å². The molecular weight excluding hydrogens is 287 g/mol. The summed E-state index contributed by atoms with van der Waals surface area (Å²) in [7, 11) is 0. The number of halogens is 2. The summed E-state index contributed by atoms with van der Waals surface area (Å²) in [6, 6.07) is 10.0. The quantitative estimate of drug-likeness (QED) is 0.926. The largest absolute Gasteiger partial charge is 0.353 e. The Morgan fingerprint density at radius 1 is 1.11 bits per heavy atom. The highest BCUT2D eigenvalue weighted by molar-refractivity contribution is 6.40. The molecule has 0 aliphatic carbocycles. The SMILES string of the molecule is C1COCO1.Clc1nc(Cc2ccccc2)[nH]c1Cl. The zero-order chi connectivity index (χ0) is 13.5. The second-order valence-electron chi connectivity index (χ2n) is 3.89. The van der Waals surface area contributed by atoms with E-state index >= 15 is 0 Å². The fourth-order valence-electron chi connectivity index (χ4n) is 1.54. The number of aromatic nitrogens is 2. The van der Waals surface area contributed by atoms with Crippen molar-refractivity contribution in [1.29, 1.82) is 0 Å². The van der Waals surface area contributed by atoms with E-state index in [0.29, 0.717) is 23.5 Å². The van der Waals surface area contributed by atoms with Crippen molar-refractivity contribution in [3.05, 3.63) is 52.0 Å². The highest BCUT2D eigenvalue weighted by atomic mass is 35.5. The lowest BCUT2D eigenvalue weighted by molar-refractivity contribution is 0.0692. The first-order valence-corrected chi connectivity index (χ1v) is 6.60. The molecule has 1 aliphatic rings. The number of hydrogen-bond donors (Lipinski definition) is 1. The minimum absolute atomic E-state index is 0.331. The molecule has 1 aromatic carbocycles. The molecule has 3 rings (SSSR count). The smallest absolute Gasteiger partial charge is 0.166 e. The summed E-state index contributed by atoms with van der Waals surface area (Å²) in [6.45, 7) is 2.06. The van der Waals surface area contributed by atoms with Crippen LogP contribution in [0.25, 0.3) is 0 Å². The van der Waals surface area contributed by atoms with E-state index in [-0.39, 0.29) is 0 Å².